The first-order chi connectivity index (χ1) is 13.2. The quantitative estimate of drug-likeness (QED) is 0.702. The van der Waals surface area contributed by atoms with Gasteiger partial charge >= 0.3 is 0 Å². The molecule has 0 radical (unpaired) electrons. The van der Waals surface area contributed by atoms with Crippen LogP contribution in [0.4, 0.5) is 0 Å². The number of hydrogen-bond donors (Lipinski definition) is 0. The summed E-state index contributed by atoms with van der Waals surface area (Å²) in [5.74, 6) is 2.06. The molecule has 0 saturated carbocycles. The summed E-state index contributed by atoms with van der Waals surface area (Å²) in [6.07, 6.45) is 0.639. The monoisotopic (exact) mass is 407 g/mol. The molecule has 2 aromatic rings. The van der Waals surface area contributed by atoms with Gasteiger partial charge in [-0.2, -0.15) is 5.10 Å². The van der Waals surface area contributed by atoms with Crippen LogP contribution in [0.3, 0.4) is 0 Å². The lowest BCUT2D eigenvalue weighted by atomic mass is 10.1. The standard InChI is InChI=1S/C20H29N3O4S/c1-14-19(15(2)23(21-14)17-8-9-28(24,25)13-17)12-22(3)11-16-10-18(26-4)6-7-20(16)27-5/h6-7,10,17H,8-9,11-13H2,1-5H3/t17-/m0/s1. The molecule has 1 aliphatic rings. The van der Waals surface area contributed by atoms with E-state index in [0.717, 1.165) is 40.6 Å². The number of sulfone groups is 1. The molecule has 0 N–H and O–H groups in total. The van der Waals surface area contributed by atoms with Crippen molar-refractivity contribution < 1.29 is 17.9 Å². The third-order valence-electron chi connectivity index (χ3n) is 5.38. The van der Waals surface area contributed by atoms with Crippen LogP contribution in [0.2, 0.25) is 0 Å². The Balaban J connectivity index is 1.77. The van der Waals surface area contributed by atoms with Crippen LogP contribution in [-0.4, -0.2) is 55.9 Å². The maximum atomic E-state index is 11.8. The Hall–Kier alpha value is -2.06. The maximum absolute atomic E-state index is 11.8. The Kier molecular flexibility index (Phi) is 6.00. The molecular formula is C20H29N3O4S. The van der Waals surface area contributed by atoms with Crippen LogP contribution in [0.15, 0.2) is 18.2 Å². The average molecular weight is 408 g/mol. The summed E-state index contributed by atoms with van der Waals surface area (Å²) in [7, 11) is 2.43. The SMILES string of the molecule is COc1ccc(OC)c(CN(C)Cc2c(C)nn([C@H]3CCS(=O)(=O)C3)c2C)c1. The second kappa shape index (κ2) is 8.13. The topological polar surface area (TPSA) is 73.7 Å². The zero-order valence-corrected chi connectivity index (χ0v) is 18.0. The van der Waals surface area contributed by atoms with E-state index in [4.69, 9.17) is 9.47 Å². The van der Waals surface area contributed by atoms with Crippen molar-refractivity contribution >= 4 is 9.84 Å². The van der Waals surface area contributed by atoms with Crippen molar-refractivity contribution in [3.05, 3.63) is 40.7 Å². The highest BCUT2D eigenvalue weighted by molar-refractivity contribution is 7.91. The largest absolute Gasteiger partial charge is 0.497 e. The van der Waals surface area contributed by atoms with Gasteiger partial charge < -0.3 is 9.47 Å². The molecule has 1 aromatic heterocycles. The lowest BCUT2D eigenvalue weighted by Crippen LogP contribution is -2.19. The number of aromatic nitrogens is 2. The average Bonchev–Trinajstić information content (AvgIpc) is 3.15. The summed E-state index contributed by atoms with van der Waals surface area (Å²) < 4.78 is 36.4. The van der Waals surface area contributed by atoms with Crippen molar-refractivity contribution in [2.45, 2.75) is 39.4 Å². The number of methoxy groups -OCH3 is 2. The third-order valence-corrected chi connectivity index (χ3v) is 7.14. The molecule has 1 atom stereocenters. The van der Waals surface area contributed by atoms with E-state index in [1.165, 1.54) is 0 Å². The molecule has 1 aromatic carbocycles. The zero-order valence-electron chi connectivity index (χ0n) is 17.2. The number of aryl methyl sites for hydroxylation is 1. The van der Waals surface area contributed by atoms with Crippen molar-refractivity contribution in [3.63, 3.8) is 0 Å². The summed E-state index contributed by atoms with van der Waals surface area (Å²) in [6, 6.07) is 5.73. The van der Waals surface area contributed by atoms with Crippen LogP contribution in [0.5, 0.6) is 11.5 Å². The van der Waals surface area contributed by atoms with E-state index in [2.05, 4.69) is 17.0 Å². The van der Waals surface area contributed by atoms with E-state index in [-0.39, 0.29) is 17.5 Å². The molecule has 0 amide bonds. The fourth-order valence-corrected chi connectivity index (χ4v) is 5.56. The van der Waals surface area contributed by atoms with Crippen molar-refractivity contribution in [1.82, 2.24) is 14.7 Å². The molecule has 154 valence electrons. The Morgan fingerprint density at radius 2 is 1.96 bits per heavy atom. The molecule has 0 unspecified atom stereocenters. The van der Waals surface area contributed by atoms with Gasteiger partial charge in [0.1, 0.15) is 11.5 Å². The predicted molar refractivity (Wildman–Crippen MR) is 109 cm³/mol. The first kappa shape index (κ1) is 20.7. The number of ether oxygens (including phenoxy) is 2. The highest BCUT2D eigenvalue weighted by atomic mass is 32.2. The molecule has 1 fully saturated rings. The fourth-order valence-electron chi connectivity index (χ4n) is 3.87. The van der Waals surface area contributed by atoms with Gasteiger partial charge in [0.2, 0.25) is 0 Å². The van der Waals surface area contributed by atoms with Crippen LogP contribution in [0, 0.1) is 13.8 Å². The smallest absolute Gasteiger partial charge is 0.152 e. The highest BCUT2D eigenvalue weighted by Gasteiger charge is 2.31. The summed E-state index contributed by atoms with van der Waals surface area (Å²) in [5.41, 5.74) is 4.19. The summed E-state index contributed by atoms with van der Waals surface area (Å²) in [5, 5.41) is 4.66. The van der Waals surface area contributed by atoms with E-state index in [1.54, 1.807) is 14.2 Å². The molecule has 3 rings (SSSR count). The van der Waals surface area contributed by atoms with Crippen molar-refractivity contribution in [2.24, 2.45) is 0 Å². The number of hydrogen-bond acceptors (Lipinski definition) is 6. The molecule has 8 heteroatoms. The van der Waals surface area contributed by atoms with Gasteiger partial charge in [-0.05, 0) is 45.5 Å². The van der Waals surface area contributed by atoms with Gasteiger partial charge in [-0.25, -0.2) is 8.42 Å². The Morgan fingerprint density at radius 1 is 1.21 bits per heavy atom. The van der Waals surface area contributed by atoms with Gasteiger partial charge in [0.25, 0.3) is 0 Å². The van der Waals surface area contributed by atoms with Crippen LogP contribution in [0.25, 0.3) is 0 Å². The third kappa shape index (κ3) is 4.33. The summed E-state index contributed by atoms with van der Waals surface area (Å²) in [4.78, 5) is 2.20. The molecule has 1 aliphatic heterocycles. The molecule has 7 nitrogen and oxygen atoms in total. The molecular weight excluding hydrogens is 378 g/mol. The van der Waals surface area contributed by atoms with Crippen molar-refractivity contribution in [2.75, 3.05) is 32.8 Å². The Labute approximate surface area is 167 Å². The van der Waals surface area contributed by atoms with Crippen molar-refractivity contribution in [1.29, 1.82) is 0 Å². The molecule has 2 heterocycles. The van der Waals surface area contributed by atoms with E-state index in [1.807, 2.05) is 36.7 Å². The fraction of sp³-hybridized carbons (Fsp3) is 0.550. The first-order valence-corrected chi connectivity index (χ1v) is 11.2. The van der Waals surface area contributed by atoms with Gasteiger partial charge in [-0.15, -0.1) is 0 Å². The summed E-state index contributed by atoms with van der Waals surface area (Å²) >= 11 is 0. The van der Waals surface area contributed by atoms with E-state index in [0.29, 0.717) is 13.0 Å². The minimum atomic E-state index is -2.94. The number of rotatable bonds is 7. The van der Waals surface area contributed by atoms with Gasteiger partial charge in [-0.3, -0.25) is 9.58 Å². The van der Waals surface area contributed by atoms with Crippen LogP contribution >= 0.6 is 0 Å². The first-order valence-electron chi connectivity index (χ1n) is 9.38. The molecule has 0 bridgehead atoms. The second-order valence-electron chi connectivity index (χ2n) is 7.50. The van der Waals surface area contributed by atoms with E-state index in [9.17, 15) is 8.42 Å². The maximum Gasteiger partial charge on any atom is 0.152 e. The minimum Gasteiger partial charge on any atom is -0.497 e. The van der Waals surface area contributed by atoms with Gasteiger partial charge in [-0.1, -0.05) is 0 Å². The molecule has 0 aliphatic carbocycles. The van der Waals surface area contributed by atoms with Crippen LogP contribution in [0.1, 0.15) is 35.0 Å². The van der Waals surface area contributed by atoms with Gasteiger partial charge in [0.05, 0.1) is 37.5 Å². The van der Waals surface area contributed by atoms with Crippen LogP contribution < -0.4 is 9.47 Å². The minimum absolute atomic E-state index is 0.0544. The van der Waals surface area contributed by atoms with Crippen LogP contribution in [-0.2, 0) is 22.9 Å². The van der Waals surface area contributed by atoms with Gasteiger partial charge in [0, 0.05) is 29.9 Å². The summed E-state index contributed by atoms with van der Waals surface area (Å²) in [6.45, 7) is 5.43. The highest BCUT2D eigenvalue weighted by Crippen LogP contribution is 2.29. The van der Waals surface area contributed by atoms with E-state index >= 15 is 0 Å². The van der Waals surface area contributed by atoms with Gasteiger partial charge in [0.15, 0.2) is 9.84 Å². The van der Waals surface area contributed by atoms with E-state index < -0.39 is 9.84 Å². The Bertz CT molecular complexity index is 953. The number of benzene rings is 1. The molecule has 1 saturated heterocycles. The second-order valence-corrected chi connectivity index (χ2v) is 9.73. The number of nitrogens with zero attached hydrogens (tertiary/aromatic N) is 3. The van der Waals surface area contributed by atoms with Crippen molar-refractivity contribution in [3.8, 4) is 11.5 Å². The normalized spacial score (nSPS) is 18.6. The Morgan fingerprint density at radius 3 is 2.57 bits per heavy atom. The lowest BCUT2D eigenvalue weighted by Gasteiger charge is -2.19. The zero-order chi connectivity index (χ0) is 20.5. The molecule has 0 spiro atoms. The predicted octanol–water partition coefficient (Wildman–Crippen LogP) is 2.51. The lowest BCUT2D eigenvalue weighted by molar-refractivity contribution is 0.307. The molecule has 28 heavy (non-hydrogen) atoms.